The van der Waals surface area contributed by atoms with Gasteiger partial charge in [-0.15, -0.1) is 0 Å². The molecule has 1 unspecified atom stereocenters. The minimum absolute atomic E-state index is 0.276. The molecule has 0 saturated carbocycles. The van der Waals surface area contributed by atoms with Crippen molar-refractivity contribution in [1.29, 1.82) is 0 Å². The van der Waals surface area contributed by atoms with Crippen molar-refractivity contribution in [3.63, 3.8) is 0 Å². The van der Waals surface area contributed by atoms with Crippen molar-refractivity contribution in [2.75, 3.05) is 0 Å². The Balaban J connectivity index is 1.72. The average Bonchev–Trinajstić information content (AvgIpc) is 3.26. The number of amides is 1. The molecular weight excluding hydrogens is 314 g/mol. The highest BCUT2D eigenvalue weighted by atomic mass is 16.4. The van der Waals surface area contributed by atoms with E-state index in [0.29, 0.717) is 11.5 Å². The number of para-hydroxylation sites is 1. The van der Waals surface area contributed by atoms with E-state index in [9.17, 15) is 4.79 Å². The molecule has 4 rings (SSSR count). The van der Waals surface area contributed by atoms with Crippen molar-refractivity contribution in [1.82, 2.24) is 5.32 Å². The van der Waals surface area contributed by atoms with Gasteiger partial charge in [-0.1, -0.05) is 48.5 Å². The van der Waals surface area contributed by atoms with E-state index < -0.39 is 6.04 Å². The van der Waals surface area contributed by atoms with Crippen LogP contribution in [0.1, 0.15) is 33.7 Å². The molecule has 1 N–H and O–H groups in total. The van der Waals surface area contributed by atoms with Gasteiger partial charge < -0.3 is 14.2 Å². The second-order valence-electron chi connectivity index (χ2n) is 5.91. The van der Waals surface area contributed by atoms with Crippen LogP contribution in [0.2, 0.25) is 0 Å². The minimum atomic E-state index is -0.397. The Morgan fingerprint density at radius 3 is 2.40 bits per heavy atom. The van der Waals surface area contributed by atoms with Gasteiger partial charge in [-0.3, -0.25) is 4.79 Å². The normalized spacial score (nSPS) is 12.2. The monoisotopic (exact) mass is 331 g/mol. The Morgan fingerprint density at radius 2 is 1.68 bits per heavy atom. The Morgan fingerprint density at radius 1 is 0.920 bits per heavy atom. The molecule has 2 heterocycles. The highest BCUT2D eigenvalue weighted by Crippen LogP contribution is 2.28. The van der Waals surface area contributed by atoms with Gasteiger partial charge >= 0.3 is 0 Å². The van der Waals surface area contributed by atoms with E-state index in [2.05, 4.69) is 5.32 Å². The van der Waals surface area contributed by atoms with Crippen LogP contribution >= 0.6 is 0 Å². The van der Waals surface area contributed by atoms with Crippen LogP contribution in [-0.4, -0.2) is 5.91 Å². The smallest absolute Gasteiger partial charge is 0.287 e. The van der Waals surface area contributed by atoms with Crippen molar-refractivity contribution >= 4 is 16.9 Å². The Bertz CT molecular complexity index is 981. The molecule has 2 aromatic heterocycles. The first kappa shape index (κ1) is 15.3. The van der Waals surface area contributed by atoms with E-state index >= 15 is 0 Å². The predicted octanol–water partition coefficient (Wildman–Crippen LogP) is 4.85. The van der Waals surface area contributed by atoms with Gasteiger partial charge in [-0.2, -0.15) is 0 Å². The topological polar surface area (TPSA) is 55.4 Å². The van der Waals surface area contributed by atoms with Crippen molar-refractivity contribution < 1.29 is 13.6 Å². The van der Waals surface area contributed by atoms with E-state index in [4.69, 9.17) is 8.83 Å². The maximum Gasteiger partial charge on any atom is 0.287 e. The lowest BCUT2D eigenvalue weighted by Gasteiger charge is -2.16. The number of benzene rings is 2. The Labute approximate surface area is 145 Å². The van der Waals surface area contributed by atoms with Gasteiger partial charge in [-0.05, 0) is 36.8 Å². The molecule has 4 heteroatoms. The molecular formula is C21H17NO3. The zero-order chi connectivity index (χ0) is 17.2. The molecule has 2 aromatic carbocycles. The molecule has 0 bridgehead atoms. The maximum atomic E-state index is 12.6. The van der Waals surface area contributed by atoms with Crippen molar-refractivity contribution in [3.8, 4) is 0 Å². The zero-order valence-electron chi connectivity index (χ0n) is 13.7. The average molecular weight is 331 g/mol. The Hall–Kier alpha value is -3.27. The molecule has 0 spiro atoms. The van der Waals surface area contributed by atoms with Gasteiger partial charge in [0.25, 0.3) is 5.91 Å². The summed E-state index contributed by atoms with van der Waals surface area (Å²) >= 11 is 0. The lowest BCUT2D eigenvalue weighted by Crippen LogP contribution is -2.28. The van der Waals surface area contributed by atoms with Crippen molar-refractivity contribution in [2.24, 2.45) is 0 Å². The van der Waals surface area contributed by atoms with Gasteiger partial charge in [0.2, 0.25) is 0 Å². The molecule has 0 aliphatic heterocycles. The van der Waals surface area contributed by atoms with Crippen LogP contribution in [0.4, 0.5) is 0 Å². The number of carbonyl (C=O) groups excluding carboxylic acids is 1. The summed E-state index contributed by atoms with van der Waals surface area (Å²) in [6.07, 6.45) is 0. The number of hydrogen-bond acceptors (Lipinski definition) is 3. The van der Waals surface area contributed by atoms with Gasteiger partial charge in [0.05, 0.1) is 0 Å². The molecule has 1 amide bonds. The fourth-order valence-corrected chi connectivity index (χ4v) is 2.87. The standard InChI is InChI=1S/C21H17NO3/c1-14-11-12-18(24-14)21(23)22-20(15-7-3-2-4-8-15)19-13-16-9-5-6-10-17(16)25-19/h2-13,20H,1H3,(H,22,23). The zero-order valence-corrected chi connectivity index (χ0v) is 13.7. The molecule has 0 saturated heterocycles. The third-order valence-corrected chi connectivity index (χ3v) is 4.10. The molecule has 4 nitrogen and oxygen atoms in total. The summed E-state index contributed by atoms with van der Waals surface area (Å²) in [5, 5.41) is 4.02. The van der Waals surface area contributed by atoms with Crippen LogP contribution in [-0.2, 0) is 0 Å². The molecule has 124 valence electrons. The van der Waals surface area contributed by atoms with Crippen LogP contribution in [0.3, 0.4) is 0 Å². The number of fused-ring (bicyclic) bond motifs is 1. The maximum absolute atomic E-state index is 12.6. The third-order valence-electron chi connectivity index (χ3n) is 4.10. The van der Waals surface area contributed by atoms with E-state index in [0.717, 1.165) is 16.5 Å². The summed E-state index contributed by atoms with van der Waals surface area (Å²) < 4.78 is 11.4. The number of rotatable bonds is 4. The van der Waals surface area contributed by atoms with Crippen LogP contribution in [0, 0.1) is 6.92 Å². The molecule has 0 radical (unpaired) electrons. The summed E-state index contributed by atoms with van der Waals surface area (Å²) in [6.45, 7) is 1.81. The number of nitrogens with one attached hydrogen (secondary N) is 1. The first-order valence-corrected chi connectivity index (χ1v) is 8.11. The molecule has 4 aromatic rings. The minimum Gasteiger partial charge on any atom is -0.459 e. The molecule has 25 heavy (non-hydrogen) atoms. The number of aryl methyl sites for hydroxylation is 1. The third kappa shape index (κ3) is 3.06. The summed E-state index contributed by atoms with van der Waals surface area (Å²) in [5.41, 5.74) is 1.74. The van der Waals surface area contributed by atoms with E-state index in [1.165, 1.54) is 0 Å². The van der Waals surface area contributed by atoms with Crippen molar-refractivity contribution in [3.05, 3.63) is 95.6 Å². The predicted molar refractivity (Wildman–Crippen MR) is 95.4 cm³/mol. The van der Waals surface area contributed by atoms with E-state index in [-0.39, 0.29) is 11.7 Å². The van der Waals surface area contributed by atoms with Crippen molar-refractivity contribution in [2.45, 2.75) is 13.0 Å². The quantitative estimate of drug-likeness (QED) is 0.581. The highest BCUT2D eigenvalue weighted by Gasteiger charge is 2.22. The fraction of sp³-hybridized carbons (Fsp3) is 0.0952. The summed E-state index contributed by atoms with van der Waals surface area (Å²) in [7, 11) is 0. The number of hydrogen-bond donors (Lipinski definition) is 1. The van der Waals surface area contributed by atoms with Crippen LogP contribution in [0.15, 0.2) is 81.6 Å². The molecule has 0 aliphatic carbocycles. The van der Waals surface area contributed by atoms with Gasteiger partial charge in [0, 0.05) is 5.39 Å². The Kier molecular flexibility index (Phi) is 3.86. The van der Waals surface area contributed by atoms with Gasteiger partial charge in [0.15, 0.2) is 5.76 Å². The summed E-state index contributed by atoms with van der Waals surface area (Å²) in [6, 6.07) is 22.5. The summed E-state index contributed by atoms with van der Waals surface area (Å²) in [5.74, 6) is 1.39. The second-order valence-corrected chi connectivity index (χ2v) is 5.91. The molecule has 1 atom stereocenters. The van der Waals surface area contributed by atoms with E-state index in [1.807, 2.05) is 67.6 Å². The lowest BCUT2D eigenvalue weighted by atomic mass is 10.0. The van der Waals surface area contributed by atoms with Gasteiger partial charge in [0.1, 0.15) is 23.1 Å². The SMILES string of the molecule is Cc1ccc(C(=O)NC(c2ccccc2)c2cc3ccccc3o2)o1. The molecule has 0 aliphatic rings. The largest absolute Gasteiger partial charge is 0.459 e. The summed E-state index contributed by atoms with van der Waals surface area (Å²) in [4.78, 5) is 12.6. The molecule has 0 fully saturated rings. The first-order chi connectivity index (χ1) is 12.2. The second kappa shape index (κ2) is 6.32. The first-order valence-electron chi connectivity index (χ1n) is 8.11. The number of furan rings is 2. The van der Waals surface area contributed by atoms with Crippen LogP contribution < -0.4 is 5.32 Å². The van der Waals surface area contributed by atoms with Crippen LogP contribution in [0.5, 0.6) is 0 Å². The van der Waals surface area contributed by atoms with Crippen LogP contribution in [0.25, 0.3) is 11.0 Å². The van der Waals surface area contributed by atoms with E-state index in [1.54, 1.807) is 12.1 Å². The lowest BCUT2D eigenvalue weighted by molar-refractivity contribution is 0.0910. The fourth-order valence-electron chi connectivity index (χ4n) is 2.87. The highest BCUT2D eigenvalue weighted by molar-refractivity contribution is 5.92. The number of carbonyl (C=O) groups is 1. The van der Waals surface area contributed by atoms with Gasteiger partial charge in [-0.25, -0.2) is 0 Å².